The second-order valence-corrected chi connectivity index (χ2v) is 6.46. The van der Waals surface area contributed by atoms with Gasteiger partial charge in [0.15, 0.2) is 0 Å². The number of benzene rings is 1. The van der Waals surface area contributed by atoms with Crippen molar-refractivity contribution in [2.45, 2.75) is 26.3 Å². The monoisotopic (exact) mass is 280 g/mol. The molecule has 0 bridgehead atoms. The first kappa shape index (κ1) is 13.8. The van der Waals surface area contributed by atoms with Crippen LogP contribution in [0.2, 0.25) is 0 Å². The van der Waals surface area contributed by atoms with E-state index < -0.39 is 0 Å². The first-order valence-electron chi connectivity index (χ1n) is 7.32. The fraction of sp³-hybridized carbons (Fsp3) is 0.412. The van der Waals surface area contributed by atoms with Crippen molar-refractivity contribution >= 4 is 16.7 Å². The van der Waals surface area contributed by atoms with Crippen LogP contribution in [0.15, 0.2) is 30.3 Å². The molecule has 1 unspecified atom stereocenters. The molecule has 2 N–H and O–H groups in total. The molecule has 0 saturated carbocycles. The number of fused-ring (bicyclic) bond motifs is 1. The predicted molar refractivity (Wildman–Crippen MR) is 85.0 cm³/mol. The molecule has 2 heterocycles. The molecule has 1 aliphatic rings. The molecule has 1 aliphatic heterocycles. The summed E-state index contributed by atoms with van der Waals surface area (Å²) in [6.07, 6.45) is 0.948. The van der Waals surface area contributed by atoms with Crippen molar-refractivity contribution in [2.75, 3.05) is 18.0 Å². The normalized spacial score (nSPS) is 21.2. The fourth-order valence-corrected chi connectivity index (χ4v) is 2.99. The van der Waals surface area contributed by atoms with Crippen molar-refractivity contribution in [3.05, 3.63) is 35.9 Å². The molecule has 21 heavy (non-hydrogen) atoms. The van der Waals surface area contributed by atoms with Crippen LogP contribution in [-0.4, -0.2) is 24.1 Å². The minimum Gasteiger partial charge on any atom is -0.356 e. The van der Waals surface area contributed by atoms with E-state index in [4.69, 9.17) is 10.7 Å². The Bertz CT molecular complexity index is 714. The van der Waals surface area contributed by atoms with Gasteiger partial charge >= 0.3 is 0 Å². The van der Waals surface area contributed by atoms with E-state index >= 15 is 0 Å². The van der Waals surface area contributed by atoms with Gasteiger partial charge in [-0.25, -0.2) is 4.98 Å². The van der Waals surface area contributed by atoms with Crippen molar-refractivity contribution in [1.82, 2.24) is 4.98 Å². The number of aromatic nitrogens is 1. The minimum absolute atomic E-state index is 0.0539. The van der Waals surface area contributed by atoms with E-state index in [0.29, 0.717) is 5.56 Å². The number of para-hydroxylation sites is 1. The number of nitrogens with two attached hydrogens (primary N) is 1. The Balaban J connectivity index is 2.04. The van der Waals surface area contributed by atoms with Crippen molar-refractivity contribution in [2.24, 2.45) is 11.1 Å². The summed E-state index contributed by atoms with van der Waals surface area (Å²) in [6.45, 7) is 6.14. The van der Waals surface area contributed by atoms with Gasteiger partial charge in [-0.1, -0.05) is 32.0 Å². The van der Waals surface area contributed by atoms with Crippen LogP contribution in [0.4, 0.5) is 5.82 Å². The molecule has 2 aromatic rings. The highest BCUT2D eigenvalue weighted by Crippen LogP contribution is 2.31. The maximum atomic E-state index is 9.39. The largest absolute Gasteiger partial charge is 0.356 e. The van der Waals surface area contributed by atoms with Crippen LogP contribution in [-0.2, 0) is 0 Å². The average molecular weight is 280 g/mol. The summed E-state index contributed by atoms with van der Waals surface area (Å²) in [7, 11) is 0. The van der Waals surface area contributed by atoms with E-state index in [1.165, 1.54) is 0 Å². The lowest BCUT2D eigenvalue weighted by atomic mass is 9.79. The van der Waals surface area contributed by atoms with Crippen molar-refractivity contribution < 1.29 is 0 Å². The minimum atomic E-state index is 0.0539. The lowest BCUT2D eigenvalue weighted by Gasteiger charge is -2.43. The van der Waals surface area contributed by atoms with E-state index in [9.17, 15) is 5.26 Å². The van der Waals surface area contributed by atoms with Gasteiger partial charge in [0.05, 0.1) is 17.1 Å². The summed E-state index contributed by atoms with van der Waals surface area (Å²) in [5.74, 6) is 0.880. The van der Waals surface area contributed by atoms with Gasteiger partial charge in [0.25, 0.3) is 0 Å². The number of rotatable bonds is 1. The van der Waals surface area contributed by atoms with Crippen LogP contribution < -0.4 is 10.6 Å². The average Bonchev–Trinajstić information content (AvgIpc) is 2.48. The van der Waals surface area contributed by atoms with Crippen LogP contribution >= 0.6 is 0 Å². The quantitative estimate of drug-likeness (QED) is 0.872. The third-order valence-electron chi connectivity index (χ3n) is 4.46. The zero-order valence-corrected chi connectivity index (χ0v) is 12.5. The molecule has 0 radical (unpaired) electrons. The molecule has 1 atom stereocenters. The third kappa shape index (κ3) is 2.45. The van der Waals surface area contributed by atoms with Crippen LogP contribution in [0.25, 0.3) is 10.9 Å². The number of hydrogen-bond acceptors (Lipinski definition) is 4. The van der Waals surface area contributed by atoms with Crippen LogP contribution in [0.1, 0.15) is 25.8 Å². The summed E-state index contributed by atoms with van der Waals surface area (Å²) >= 11 is 0. The van der Waals surface area contributed by atoms with E-state index in [1.807, 2.05) is 30.3 Å². The maximum Gasteiger partial charge on any atom is 0.130 e. The van der Waals surface area contributed by atoms with Crippen molar-refractivity contribution in [3.8, 4) is 6.07 Å². The molecule has 0 aliphatic carbocycles. The molecule has 3 rings (SSSR count). The van der Waals surface area contributed by atoms with Gasteiger partial charge in [0, 0.05) is 24.5 Å². The molecule has 4 heteroatoms. The predicted octanol–water partition coefficient (Wildman–Crippen LogP) is 2.67. The summed E-state index contributed by atoms with van der Waals surface area (Å²) in [6, 6.07) is 12.2. The Labute approximate surface area is 125 Å². The van der Waals surface area contributed by atoms with Gasteiger partial charge in [0.2, 0.25) is 0 Å². The molecule has 0 spiro atoms. The number of hydrogen-bond donors (Lipinski definition) is 1. The summed E-state index contributed by atoms with van der Waals surface area (Å²) in [4.78, 5) is 6.98. The third-order valence-corrected chi connectivity index (χ3v) is 4.46. The number of nitriles is 1. The number of piperidine rings is 1. The zero-order valence-electron chi connectivity index (χ0n) is 12.5. The molecule has 1 aromatic carbocycles. The zero-order chi connectivity index (χ0) is 15.0. The lowest BCUT2D eigenvalue weighted by Crippen LogP contribution is -2.52. The maximum absolute atomic E-state index is 9.39. The SMILES string of the molecule is CC1(C)CN(c2cc(C#N)c3ccccc3n2)CCC1N. The second kappa shape index (κ2) is 5.01. The molecule has 1 saturated heterocycles. The summed E-state index contributed by atoms with van der Waals surface area (Å²) < 4.78 is 0. The standard InChI is InChI=1S/C17H20N4/c1-17(2)11-21(8-7-15(17)19)16-9-12(10-18)13-5-3-4-6-14(13)20-16/h3-6,9,15H,7-8,11,19H2,1-2H3. The Hall–Kier alpha value is -2.12. The summed E-state index contributed by atoms with van der Waals surface area (Å²) in [5.41, 5.74) is 7.81. The molecular weight excluding hydrogens is 260 g/mol. The number of nitrogens with zero attached hydrogens (tertiary/aromatic N) is 3. The lowest BCUT2D eigenvalue weighted by molar-refractivity contribution is 0.244. The van der Waals surface area contributed by atoms with Crippen LogP contribution in [0.3, 0.4) is 0 Å². The highest BCUT2D eigenvalue weighted by Gasteiger charge is 2.34. The first-order chi connectivity index (χ1) is 10.0. The number of anilines is 1. The van der Waals surface area contributed by atoms with Gasteiger partial charge < -0.3 is 10.6 Å². The van der Waals surface area contributed by atoms with E-state index in [1.54, 1.807) is 0 Å². The smallest absolute Gasteiger partial charge is 0.130 e. The molecule has 108 valence electrons. The summed E-state index contributed by atoms with van der Waals surface area (Å²) in [5, 5.41) is 10.3. The topological polar surface area (TPSA) is 65.9 Å². The van der Waals surface area contributed by atoms with Crippen LogP contribution in [0.5, 0.6) is 0 Å². The highest BCUT2D eigenvalue weighted by molar-refractivity contribution is 5.86. The Morgan fingerprint density at radius 1 is 1.38 bits per heavy atom. The Morgan fingerprint density at radius 2 is 2.14 bits per heavy atom. The van der Waals surface area contributed by atoms with Gasteiger partial charge in [-0.05, 0) is 24.0 Å². The van der Waals surface area contributed by atoms with E-state index in [-0.39, 0.29) is 11.5 Å². The van der Waals surface area contributed by atoms with Crippen molar-refractivity contribution in [1.29, 1.82) is 5.26 Å². The van der Waals surface area contributed by atoms with Gasteiger partial charge in [-0.3, -0.25) is 0 Å². The van der Waals surface area contributed by atoms with Gasteiger partial charge in [0.1, 0.15) is 5.82 Å². The van der Waals surface area contributed by atoms with E-state index in [0.717, 1.165) is 36.2 Å². The molecule has 1 aromatic heterocycles. The van der Waals surface area contributed by atoms with Crippen molar-refractivity contribution in [3.63, 3.8) is 0 Å². The van der Waals surface area contributed by atoms with Crippen LogP contribution in [0, 0.1) is 16.7 Å². The second-order valence-electron chi connectivity index (χ2n) is 6.46. The number of pyridine rings is 1. The highest BCUT2D eigenvalue weighted by atomic mass is 15.2. The molecule has 4 nitrogen and oxygen atoms in total. The molecule has 1 fully saturated rings. The Morgan fingerprint density at radius 3 is 2.86 bits per heavy atom. The molecule has 0 amide bonds. The molecular formula is C17H20N4. The first-order valence-corrected chi connectivity index (χ1v) is 7.32. The Kier molecular flexibility index (Phi) is 3.30. The van der Waals surface area contributed by atoms with E-state index in [2.05, 4.69) is 24.8 Å². The van der Waals surface area contributed by atoms with Gasteiger partial charge in [-0.15, -0.1) is 0 Å². The fourth-order valence-electron chi connectivity index (χ4n) is 2.99. The van der Waals surface area contributed by atoms with Gasteiger partial charge in [-0.2, -0.15) is 5.26 Å².